The molecule has 144 valence electrons. The summed E-state index contributed by atoms with van der Waals surface area (Å²) in [6.07, 6.45) is 0. The first-order chi connectivity index (χ1) is 12.5. The predicted molar refractivity (Wildman–Crippen MR) is 100 cm³/mol. The Morgan fingerprint density at radius 3 is 2.58 bits per heavy atom. The van der Waals surface area contributed by atoms with Crippen LogP contribution in [0.2, 0.25) is 0 Å². The Kier molecular flexibility index (Phi) is 8.03. The molecule has 4 N–H and O–H groups in total. The zero-order valence-electron chi connectivity index (χ0n) is 15.7. The third kappa shape index (κ3) is 6.74. The number of nitrogens with zero attached hydrogens (tertiary/aromatic N) is 1. The molecule has 26 heavy (non-hydrogen) atoms. The molecular formula is C19H30N4O3. The number of hydrogen-bond donors (Lipinski definition) is 3. The molecule has 1 aliphatic rings. The highest BCUT2D eigenvalue weighted by atomic mass is 16.5. The molecule has 1 saturated heterocycles. The van der Waals surface area contributed by atoms with Gasteiger partial charge in [0.1, 0.15) is 0 Å². The van der Waals surface area contributed by atoms with E-state index >= 15 is 0 Å². The van der Waals surface area contributed by atoms with Gasteiger partial charge in [-0.25, -0.2) is 0 Å². The normalized spacial score (nSPS) is 16.3. The highest BCUT2D eigenvalue weighted by molar-refractivity contribution is 5.87. The second kappa shape index (κ2) is 10.3. The Hall–Kier alpha value is -1.96. The number of nitrogens with two attached hydrogens (primary N) is 1. The molecule has 0 bridgehead atoms. The van der Waals surface area contributed by atoms with Crippen LogP contribution < -0.4 is 16.4 Å². The SMILES string of the molecule is CC(C)[C@H](N)C(=O)NCC(=O)NCc1cccc(CN2CCOCC2)c1. The molecule has 0 saturated carbocycles. The highest BCUT2D eigenvalue weighted by Crippen LogP contribution is 2.10. The summed E-state index contributed by atoms with van der Waals surface area (Å²) < 4.78 is 5.37. The van der Waals surface area contributed by atoms with Crippen molar-refractivity contribution in [2.75, 3.05) is 32.8 Å². The van der Waals surface area contributed by atoms with Gasteiger partial charge in [0.15, 0.2) is 0 Å². The minimum Gasteiger partial charge on any atom is -0.379 e. The Morgan fingerprint density at radius 1 is 1.19 bits per heavy atom. The maximum absolute atomic E-state index is 11.9. The molecule has 0 aliphatic carbocycles. The maximum atomic E-state index is 11.9. The van der Waals surface area contributed by atoms with E-state index in [4.69, 9.17) is 10.5 Å². The van der Waals surface area contributed by atoms with Crippen LogP contribution in [0.25, 0.3) is 0 Å². The van der Waals surface area contributed by atoms with E-state index in [0.29, 0.717) is 6.54 Å². The molecule has 0 radical (unpaired) electrons. The van der Waals surface area contributed by atoms with Gasteiger partial charge >= 0.3 is 0 Å². The Bertz CT molecular complexity index is 600. The lowest BCUT2D eigenvalue weighted by molar-refractivity contribution is -0.127. The zero-order chi connectivity index (χ0) is 18.9. The summed E-state index contributed by atoms with van der Waals surface area (Å²) in [6, 6.07) is 7.58. The number of morpholine rings is 1. The van der Waals surface area contributed by atoms with Gasteiger partial charge in [0.05, 0.1) is 25.8 Å². The molecule has 2 amide bonds. The summed E-state index contributed by atoms with van der Waals surface area (Å²) >= 11 is 0. The molecule has 0 unspecified atom stereocenters. The molecule has 7 heteroatoms. The molecule has 1 aromatic rings. The molecule has 1 atom stereocenters. The van der Waals surface area contributed by atoms with E-state index in [1.165, 1.54) is 5.56 Å². The third-order valence-corrected chi connectivity index (χ3v) is 4.44. The van der Waals surface area contributed by atoms with Gasteiger partial charge in [0.2, 0.25) is 11.8 Å². The van der Waals surface area contributed by atoms with Crippen molar-refractivity contribution in [3.05, 3.63) is 35.4 Å². The molecular weight excluding hydrogens is 332 g/mol. The first-order valence-corrected chi connectivity index (χ1v) is 9.13. The van der Waals surface area contributed by atoms with E-state index in [9.17, 15) is 9.59 Å². The van der Waals surface area contributed by atoms with Crippen LogP contribution in [0, 0.1) is 5.92 Å². The molecule has 1 heterocycles. The van der Waals surface area contributed by atoms with E-state index in [2.05, 4.69) is 27.7 Å². The van der Waals surface area contributed by atoms with Crippen LogP contribution in [-0.2, 0) is 27.4 Å². The first-order valence-electron chi connectivity index (χ1n) is 9.13. The van der Waals surface area contributed by atoms with Crippen LogP contribution in [0.5, 0.6) is 0 Å². The van der Waals surface area contributed by atoms with Crippen LogP contribution in [-0.4, -0.2) is 55.6 Å². The molecule has 1 fully saturated rings. The van der Waals surface area contributed by atoms with Gasteiger partial charge in [-0.2, -0.15) is 0 Å². The fourth-order valence-electron chi connectivity index (χ4n) is 2.71. The Balaban J connectivity index is 1.75. The number of carbonyl (C=O) groups excluding carboxylic acids is 2. The Labute approximate surface area is 155 Å². The first kappa shape index (κ1) is 20.4. The number of hydrogen-bond acceptors (Lipinski definition) is 5. The van der Waals surface area contributed by atoms with Crippen molar-refractivity contribution in [1.29, 1.82) is 0 Å². The van der Waals surface area contributed by atoms with Gasteiger partial charge in [-0.1, -0.05) is 38.1 Å². The van der Waals surface area contributed by atoms with Crippen LogP contribution in [0.1, 0.15) is 25.0 Å². The van der Waals surface area contributed by atoms with Gasteiger partial charge < -0.3 is 21.1 Å². The lowest BCUT2D eigenvalue weighted by Gasteiger charge is -2.26. The average Bonchev–Trinajstić information content (AvgIpc) is 2.64. The molecule has 1 aromatic carbocycles. The molecule has 0 spiro atoms. The fraction of sp³-hybridized carbons (Fsp3) is 0.579. The maximum Gasteiger partial charge on any atom is 0.239 e. The van der Waals surface area contributed by atoms with Crippen molar-refractivity contribution < 1.29 is 14.3 Å². The number of rotatable bonds is 8. The van der Waals surface area contributed by atoms with E-state index in [1.807, 2.05) is 26.0 Å². The number of amides is 2. The van der Waals surface area contributed by atoms with Crippen molar-refractivity contribution in [3.8, 4) is 0 Å². The van der Waals surface area contributed by atoms with Crippen molar-refractivity contribution in [2.45, 2.75) is 33.0 Å². The summed E-state index contributed by atoms with van der Waals surface area (Å²) in [4.78, 5) is 26.0. The van der Waals surface area contributed by atoms with Crippen molar-refractivity contribution >= 4 is 11.8 Å². The van der Waals surface area contributed by atoms with Crippen molar-refractivity contribution in [2.24, 2.45) is 11.7 Å². The molecule has 7 nitrogen and oxygen atoms in total. The minimum absolute atomic E-state index is 0.0345. The second-order valence-corrected chi connectivity index (χ2v) is 6.97. The monoisotopic (exact) mass is 362 g/mol. The lowest BCUT2D eigenvalue weighted by atomic mass is 10.1. The van der Waals surface area contributed by atoms with E-state index in [0.717, 1.165) is 38.4 Å². The zero-order valence-corrected chi connectivity index (χ0v) is 15.7. The number of nitrogens with one attached hydrogen (secondary N) is 2. The standard InChI is InChI=1S/C19H30N4O3/c1-14(2)18(20)19(25)22-12-17(24)21-11-15-4-3-5-16(10-15)13-23-6-8-26-9-7-23/h3-5,10,14,18H,6-9,11-13,20H2,1-2H3,(H,21,24)(H,22,25)/t18-/m0/s1. The highest BCUT2D eigenvalue weighted by Gasteiger charge is 2.17. The quantitative estimate of drug-likeness (QED) is 0.615. The van der Waals surface area contributed by atoms with E-state index < -0.39 is 6.04 Å². The fourth-order valence-corrected chi connectivity index (χ4v) is 2.71. The number of ether oxygens (including phenoxy) is 1. The number of benzene rings is 1. The summed E-state index contributed by atoms with van der Waals surface area (Å²) in [5, 5.41) is 5.40. The van der Waals surface area contributed by atoms with Crippen LogP contribution in [0.3, 0.4) is 0 Å². The van der Waals surface area contributed by atoms with Crippen LogP contribution >= 0.6 is 0 Å². The van der Waals surface area contributed by atoms with Crippen LogP contribution in [0.4, 0.5) is 0 Å². The molecule has 1 aliphatic heterocycles. The van der Waals surface area contributed by atoms with Gasteiger partial charge in [0.25, 0.3) is 0 Å². The van der Waals surface area contributed by atoms with Gasteiger partial charge in [-0.15, -0.1) is 0 Å². The van der Waals surface area contributed by atoms with Crippen LogP contribution in [0.15, 0.2) is 24.3 Å². The predicted octanol–water partition coefficient (Wildman–Crippen LogP) is 0.235. The smallest absolute Gasteiger partial charge is 0.239 e. The van der Waals surface area contributed by atoms with E-state index in [1.54, 1.807) is 0 Å². The second-order valence-electron chi connectivity index (χ2n) is 6.97. The average molecular weight is 362 g/mol. The summed E-state index contributed by atoms with van der Waals surface area (Å²) in [5.41, 5.74) is 8.00. The summed E-state index contributed by atoms with van der Waals surface area (Å²) in [5.74, 6) is -0.497. The van der Waals surface area contributed by atoms with Crippen molar-refractivity contribution in [3.63, 3.8) is 0 Å². The topological polar surface area (TPSA) is 96.7 Å². The third-order valence-electron chi connectivity index (χ3n) is 4.44. The molecule has 0 aromatic heterocycles. The summed E-state index contributed by atoms with van der Waals surface area (Å²) in [6.45, 7) is 8.44. The largest absolute Gasteiger partial charge is 0.379 e. The Morgan fingerprint density at radius 2 is 1.88 bits per heavy atom. The minimum atomic E-state index is -0.598. The van der Waals surface area contributed by atoms with E-state index in [-0.39, 0.29) is 24.3 Å². The van der Waals surface area contributed by atoms with Gasteiger partial charge in [-0.05, 0) is 17.0 Å². The molecule has 2 rings (SSSR count). The lowest BCUT2D eigenvalue weighted by Crippen LogP contribution is -2.47. The van der Waals surface area contributed by atoms with Crippen molar-refractivity contribution in [1.82, 2.24) is 15.5 Å². The summed E-state index contributed by atoms with van der Waals surface area (Å²) in [7, 11) is 0. The van der Waals surface area contributed by atoms with Gasteiger partial charge in [0, 0.05) is 26.2 Å². The van der Waals surface area contributed by atoms with Gasteiger partial charge in [-0.3, -0.25) is 14.5 Å². The number of carbonyl (C=O) groups is 2.